The lowest BCUT2D eigenvalue weighted by atomic mass is 9.93. The fourth-order valence-electron chi connectivity index (χ4n) is 1.57. The van der Waals surface area contributed by atoms with Gasteiger partial charge in [-0.1, -0.05) is 36.2 Å². The van der Waals surface area contributed by atoms with Gasteiger partial charge in [0.15, 0.2) is 0 Å². The van der Waals surface area contributed by atoms with Crippen LogP contribution in [-0.2, 0) is 0 Å². The minimum Gasteiger partial charge on any atom is -0.330 e. The van der Waals surface area contributed by atoms with Crippen LogP contribution >= 0.6 is 23.2 Å². The highest BCUT2D eigenvalue weighted by molar-refractivity contribution is 6.42. The van der Waals surface area contributed by atoms with E-state index in [4.69, 9.17) is 28.9 Å². The molecule has 1 rings (SSSR count). The summed E-state index contributed by atoms with van der Waals surface area (Å²) < 4.78 is 0. The second-order valence-electron chi connectivity index (χ2n) is 3.36. The maximum atomic E-state index is 5.95. The minimum absolute atomic E-state index is 0.495. The lowest BCUT2D eigenvalue weighted by molar-refractivity contribution is 0.614. The second-order valence-corrected chi connectivity index (χ2v) is 4.17. The molecule has 0 heterocycles. The van der Waals surface area contributed by atoms with E-state index in [9.17, 15) is 0 Å². The van der Waals surface area contributed by atoms with Gasteiger partial charge in [-0.15, -0.1) is 0 Å². The van der Waals surface area contributed by atoms with Gasteiger partial charge in [0, 0.05) is 0 Å². The summed E-state index contributed by atoms with van der Waals surface area (Å²) in [6.45, 7) is 2.86. The molecule has 1 atom stereocenters. The molecule has 0 saturated heterocycles. The molecule has 0 aliphatic rings. The molecule has 1 unspecified atom stereocenters. The van der Waals surface area contributed by atoms with E-state index >= 15 is 0 Å². The van der Waals surface area contributed by atoms with Crippen LogP contribution in [0.4, 0.5) is 0 Å². The van der Waals surface area contributed by atoms with Gasteiger partial charge in [0.1, 0.15) is 0 Å². The number of hydrogen-bond acceptors (Lipinski definition) is 1. The topological polar surface area (TPSA) is 26.0 Å². The molecule has 3 heteroatoms. The second kappa shape index (κ2) is 5.59. The summed E-state index contributed by atoms with van der Waals surface area (Å²) in [5.41, 5.74) is 6.78. The number of rotatable bonds is 4. The van der Waals surface area contributed by atoms with Crippen molar-refractivity contribution in [2.24, 2.45) is 5.73 Å². The molecular weight excluding hydrogens is 217 g/mol. The van der Waals surface area contributed by atoms with Crippen molar-refractivity contribution in [2.75, 3.05) is 6.54 Å². The van der Waals surface area contributed by atoms with Crippen molar-refractivity contribution in [3.8, 4) is 0 Å². The van der Waals surface area contributed by atoms with E-state index in [1.165, 1.54) is 5.56 Å². The summed E-state index contributed by atoms with van der Waals surface area (Å²) in [6, 6.07) is 5.81. The highest BCUT2D eigenvalue weighted by Gasteiger charge is 2.09. The molecule has 0 fully saturated rings. The first-order valence-corrected chi connectivity index (χ1v) is 5.59. The number of nitrogens with two attached hydrogens (primary N) is 1. The average molecular weight is 232 g/mol. The van der Waals surface area contributed by atoms with Gasteiger partial charge in [0.25, 0.3) is 0 Å². The molecule has 0 aromatic heterocycles. The van der Waals surface area contributed by atoms with E-state index in [0.717, 1.165) is 12.8 Å². The van der Waals surface area contributed by atoms with Crippen LogP contribution in [0.15, 0.2) is 18.2 Å². The van der Waals surface area contributed by atoms with Crippen molar-refractivity contribution in [1.82, 2.24) is 0 Å². The van der Waals surface area contributed by atoms with Crippen LogP contribution in [0.5, 0.6) is 0 Å². The van der Waals surface area contributed by atoms with Gasteiger partial charge in [-0.3, -0.25) is 0 Å². The zero-order valence-corrected chi connectivity index (χ0v) is 9.78. The third-order valence-electron chi connectivity index (χ3n) is 2.42. The zero-order valence-electron chi connectivity index (χ0n) is 8.26. The first kappa shape index (κ1) is 11.8. The number of halogens is 2. The molecule has 0 saturated carbocycles. The lowest BCUT2D eigenvalue weighted by Gasteiger charge is -2.14. The van der Waals surface area contributed by atoms with Crippen molar-refractivity contribution in [3.05, 3.63) is 33.8 Å². The van der Waals surface area contributed by atoms with Crippen molar-refractivity contribution in [1.29, 1.82) is 0 Å². The quantitative estimate of drug-likeness (QED) is 0.838. The van der Waals surface area contributed by atoms with E-state index < -0.39 is 0 Å². The first-order valence-electron chi connectivity index (χ1n) is 4.84. The molecule has 1 aromatic rings. The Morgan fingerprint density at radius 1 is 1.29 bits per heavy atom. The van der Waals surface area contributed by atoms with Gasteiger partial charge in [-0.05, 0) is 43.0 Å². The predicted molar refractivity (Wildman–Crippen MR) is 63.2 cm³/mol. The third kappa shape index (κ3) is 2.88. The Hall–Kier alpha value is -0.240. The van der Waals surface area contributed by atoms with Crippen LogP contribution in [0.3, 0.4) is 0 Å². The van der Waals surface area contributed by atoms with Crippen LogP contribution in [-0.4, -0.2) is 6.54 Å². The van der Waals surface area contributed by atoms with Gasteiger partial charge in [-0.25, -0.2) is 0 Å². The fourth-order valence-corrected chi connectivity index (χ4v) is 1.88. The molecule has 0 aliphatic heterocycles. The van der Waals surface area contributed by atoms with Gasteiger partial charge in [0.2, 0.25) is 0 Å². The molecule has 0 amide bonds. The van der Waals surface area contributed by atoms with Crippen LogP contribution in [0, 0.1) is 0 Å². The SMILES string of the molecule is CCC(CCN)c1ccc(Cl)c(Cl)c1. The summed E-state index contributed by atoms with van der Waals surface area (Å²) in [5.74, 6) is 0.495. The highest BCUT2D eigenvalue weighted by Crippen LogP contribution is 2.29. The van der Waals surface area contributed by atoms with E-state index in [1.807, 2.05) is 18.2 Å². The lowest BCUT2D eigenvalue weighted by Crippen LogP contribution is -2.06. The van der Waals surface area contributed by atoms with Crippen molar-refractivity contribution < 1.29 is 0 Å². The summed E-state index contributed by atoms with van der Waals surface area (Å²) in [4.78, 5) is 0. The Kier molecular flexibility index (Phi) is 4.73. The van der Waals surface area contributed by atoms with Crippen molar-refractivity contribution >= 4 is 23.2 Å². The summed E-state index contributed by atoms with van der Waals surface area (Å²) in [5, 5.41) is 1.23. The van der Waals surface area contributed by atoms with Gasteiger partial charge < -0.3 is 5.73 Å². The Balaban J connectivity index is 2.88. The Morgan fingerprint density at radius 2 is 2.00 bits per heavy atom. The number of benzene rings is 1. The van der Waals surface area contributed by atoms with E-state index in [2.05, 4.69) is 6.92 Å². The van der Waals surface area contributed by atoms with Crippen LogP contribution in [0.2, 0.25) is 10.0 Å². The number of hydrogen-bond donors (Lipinski definition) is 1. The Morgan fingerprint density at radius 3 is 2.50 bits per heavy atom. The largest absolute Gasteiger partial charge is 0.330 e. The first-order chi connectivity index (χ1) is 6.69. The van der Waals surface area contributed by atoms with Gasteiger partial charge in [-0.2, -0.15) is 0 Å². The molecule has 78 valence electrons. The minimum atomic E-state index is 0.495. The van der Waals surface area contributed by atoms with Crippen molar-refractivity contribution in [3.63, 3.8) is 0 Å². The smallest absolute Gasteiger partial charge is 0.0595 e. The van der Waals surface area contributed by atoms with Gasteiger partial charge >= 0.3 is 0 Å². The van der Waals surface area contributed by atoms with Crippen LogP contribution in [0.25, 0.3) is 0 Å². The summed E-state index contributed by atoms with van der Waals surface area (Å²) in [7, 11) is 0. The van der Waals surface area contributed by atoms with Crippen LogP contribution in [0.1, 0.15) is 31.2 Å². The van der Waals surface area contributed by atoms with E-state index in [0.29, 0.717) is 22.5 Å². The standard InChI is InChI=1S/C11H15Cl2N/c1-2-8(5-6-14)9-3-4-10(12)11(13)7-9/h3-4,7-8H,2,5-6,14H2,1H3. The maximum absolute atomic E-state index is 5.95. The van der Waals surface area contributed by atoms with Gasteiger partial charge in [0.05, 0.1) is 10.0 Å². The molecule has 0 radical (unpaired) electrons. The average Bonchev–Trinajstić information content (AvgIpc) is 2.19. The third-order valence-corrected chi connectivity index (χ3v) is 3.16. The molecule has 2 N–H and O–H groups in total. The Bertz CT molecular complexity index is 299. The molecule has 0 spiro atoms. The molecule has 1 nitrogen and oxygen atoms in total. The summed E-state index contributed by atoms with van der Waals surface area (Å²) >= 11 is 11.8. The molecular formula is C11H15Cl2N. The maximum Gasteiger partial charge on any atom is 0.0595 e. The highest BCUT2D eigenvalue weighted by atomic mass is 35.5. The van der Waals surface area contributed by atoms with Crippen LogP contribution < -0.4 is 5.73 Å². The normalized spacial score (nSPS) is 12.9. The zero-order chi connectivity index (χ0) is 10.6. The predicted octanol–water partition coefficient (Wildman–Crippen LogP) is 3.84. The molecule has 0 aliphatic carbocycles. The molecule has 1 aromatic carbocycles. The van der Waals surface area contributed by atoms with Crippen molar-refractivity contribution in [2.45, 2.75) is 25.7 Å². The molecule has 14 heavy (non-hydrogen) atoms. The summed E-state index contributed by atoms with van der Waals surface area (Å²) in [6.07, 6.45) is 2.07. The molecule has 0 bridgehead atoms. The fraction of sp³-hybridized carbons (Fsp3) is 0.455. The van der Waals surface area contributed by atoms with E-state index in [1.54, 1.807) is 0 Å². The van der Waals surface area contributed by atoms with E-state index in [-0.39, 0.29) is 0 Å². The Labute approximate surface area is 95.2 Å². The monoisotopic (exact) mass is 231 g/mol.